The molecule has 0 atom stereocenters. The van der Waals surface area contributed by atoms with Gasteiger partial charge in [0.15, 0.2) is 0 Å². The first kappa shape index (κ1) is 19.6. The monoisotopic (exact) mass is 401 g/mol. The first-order valence-electron chi connectivity index (χ1n) is 8.41. The zero-order chi connectivity index (χ0) is 19.6. The quantitative estimate of drug-likeness (QED) is 0.785. The molecule has 2 heterocycles. The van der Waals surface area contributed by atoms with E-state index in [0.717, 1.165) is 11.1 Å². The summed E-state index contributed by atoms with van der Waals surface area (Å²) in [6, 6.07) is 4.94. The van der Waals surface area contributed by atoms with Crippen molar-refractivity contribution in [2.24, 2.45) is 5.14 Å². The van der Waals surface area contributed by atoms with Gasteiger partial charge in [0.25, 0.3) is 16.6 Å². The molecule has 1 aliphatic heterocycles. The number of ether oxygens (including phenoxy) is 1. The van der Waals surface area contributed by atoms with Crippen LogP contribution in [0.25, 0.3) is 10.9 Å². The molecule has 0 saturated carbocycles. The van der Waals surface area contributed by atoms with Gasteiger partial charge in [0.1, 0.15) is 5.75 Å². The third-order valence-electron chi connectivity index (χ3n) is 4.68. The van der Waals surface area contributed by atoms with E-state index in [1.54, 1.807) is 19.4 Å². The molecule has 1 aromatic carbocycles. The van der Waals surface area contributed by atoms with E-state index in [0.29, 0.717) is 41.5 Å². The molecule has 0 bridgehead atoms. The molecule has 148 valence electrons. The van der Waals surface area contributed by atoms with Gasteiger partial charge in [-0.15, -0.1) is 0 Å². The Hall–Kier alpha value is -2.11. The van der Waals surface area contributed by atoms with Crippen LogP contribution < -0.4 is 14.8 Å². The summed E-state index contributed by atoms with van der Waals surface area (Å²) >= 11 is 0. The molecule has 0 amide bonds. The van der Waals surface area contributed by atoms with Crippen molar-refractivity contribution in [1.82, 2.24) is 14.5 Å². The Morgan fingerprint density at radius 2 is 2.07 bits per heavy atom. The van der Waals surface area contributed by atoms with E-state index in [1.807, 2.05) is 17.0 Å². The Balaban J connectivity index is 1.78. The van der Waals surface area contributed by atoms with Crippen molar-refractivity contribution in [1.29, 1.82) is 0 Å². The van der Waals surface area contributed by atoms with Crippen molar-refractivity contribution in [2.75, 3.05) is 31.6 Å². The van der Waals surface area contributed by atoms with Crippen LogP contribution >= 0.6 is 0 Å². The largest absolute Gasteiger partial charge is 0.497 e. The van der Waals surface area contributed by atoms with Crippen LogP contribution in [-0.2, 0) is 10.2 Å². The van der Waals surface area contributed by atoms with E-state index in [4.69, 9.17) is 9.88 Å². The maximum atomic E-state index is 12.8. The molecular formula is C16H21F2N5O3S. The number of nitrogens with zero attached hydrogens (tertiary/aromatic N) is 4. The molecule has 1 aromatic heterocycles. The zero-order valence-electron chi connectivity index (χ0n) is 14.8. The maximum absolute atomic E-state index is 12.8. The predicted octanol–water partition coefficient (Wildman–Crippen LogP) is 1.38. The van der Waals surface area contributed by atoms with Gasteiger partial charge < -0.3 is 9.64 Å². The molecule has 2 aromatic rings. The maximum Gasteiger partial charge on any atom is 0.277 e. The third kappa shape index (κ3) is 4.42. The smallest absolute Gasteiger partial charge is 0.277 e. The topological polar surface area (TPSA) is 102 Å². The molecule has 1 aliphatic rings. The van der Waals surface area contributed by atoms with Crippen molar-refractivity contribution >= 4 is 26.8 Å². The molecule has 2 N–H and O–H groups in total. The fraction of sp³-hybridized carbons (Fsp3) is 0.500. The van der Waals surface area contributed by atoms with E-state index in [-0.39, 0.29) is 0 Å². The van der Waals surface area contributed by atoms with Crippen molar-refractivity contribution in [3.8, 4) is 5.75 Å². The highest BCUT2D eigenvalue weighted by Crippen LogP contribution is 2.30. The Morgan fingerprint density at radius 1 is 1.37 bits per heavy atom. The van der Waals surface area contributed by atoms with E-state index >= 15 is 0 Å². The van der Waals surface area contributed by atoms with Crippen LogP contribution in [0, 0.1) is 0 Å². The number of aromatic nitrogens is 2. The van der Waals surface area contributed by atoms with Crippen LogP contribution in [0.2, 0.25) is 0 Å². The summed E-state index contributed by atoms with van der Waals surface area (Å²) in [6.45, 7) is 0.0997. The number of hydrogen-bond donors (Lipinski definition) is 1. The van der Waals surface area contributed by atoms with E-state index in [9.17, 15) is 17.2 Å². The number of nitrogens with two attached hydrogens (primary N) is 1. The highest BCUT2D eigenvalue weighted by atomic mass is 32.2. The molecule has 8 nitrogen and oxygen atoms in total. The molecule has 0 spiro atoms. The van der Waals surface area contributed by atoms with Gasteiger partial charge in [-0.05, 0) is 25.0 Å². The molecule has 1 fully saturated rings. The van der Waals surface area contributed by atoms with Gasteiger partial charge in [0.2, 0.25) is 0 Å². The SMILES string of the molecule is COc1ccc2c(N3CCC(N(CC(F)F)S(N)(=O)=O)CC3)cnnc2c1. The van der Waals surface area contributed by atoms with Gasteiger partial charge >= 0.3 is 0 Å². The third-order valence-corrected chi connectivity index (χ3v) is 5.78. The average molecular weight is 401 g/mol. The minimum atomic E-state index is -4.19. The first-order chi connectivity index (χ1) is 12.8. The molecule has 0 aliphatic carbocycles. The molecule has 3 rings (SSSR count). The van der Waals surface area contributed by atoms with Crippen LogP contribution in [0.3, 0.4) is 0 Å². The number of alkyl halides is 2. The average Bonchev–Trinajstić information content (AvgIpc) is 2.64. The Labute approximate surface area is 156 Å². The van der Waals surface area contributed by atoms with Crippen LogP contribution in [0.15, 0.2) is 24.4 Å². The second-order valence-electron chi connectivity index (χ2n) is 6.34. The van der Waals surface area contributed by atoms with Gasteiger partial charge in [-0.25, -0.2) is 13.9 Å². The molecule has 11 heteroatoms. The van der Waals surface area contributed by atoms with Gasteiger partial charge in [0.05, 0.1) is 31.1 Å². The fourth-order valence-electron chi connectivity index (χ4n) is 3.40. The number of piperidine rings is 1. The number of rotatable bonds is 6. The number of methoxy groups -OCH3 is 1. The summed E-state index contributed by atoms with van der Waals surface area (Å²) in [7, 11) is -2.62. The van der Waals surface area contributed by atoms with Crippen molar-refractivity contribution in [3.05, 3.63) is 24.4 Å². The Bertz CT molecular complexity index is 904. The zero-order valence-corrected chi connectivity index (χ0v) is 15.6. The minimum Gasteiger partial charge on any atom is -0.497 e. The second kappa shape index (κ2) is 7.87. The fourth-order valence-corrected chi connectivity index (χ4v) is 4.34. The molecule has 0 unspecified atom stereocenters. The first-order valence-corrected chi connectivity index (χ1v) is 9.92. The summed E-state index contributed by atoms with van der Waals surface area (Å²) in [4.78, 5) is 2.05. The van der Waals surface area contributed by atoms with Gasteiger partial charge in [-0.3, -0.25) is 0 Å². The molecule has 0 radical (unpaired) electrons. The Morgan fingerprint density at radius 3 is 2.67 bits per heavy atom. The lowest BCUT2D eigenvalue weighted by atomic mass is 10.0. The van der Waals surface area contributed by atoms with Gasteiger partial charge in [-0.2, -0.15) is 22.9 Å². The van der Waals surface area contributed by atoms with Crippen LogP contribution in [-0.4, -0.2) is 62.1 Å². The van der Waals surface area contributed by atoms with E-state index in [1.165, 1.54) is 0 Å². The van der Waals surface area contributed by atoms with E-state index in [2.05, 4.69) is 10.2 Å². The summed E-state index contributed by atoms with van der Waals surface area (Å²) in [6.07, 6.45) is -0.345. The summed E-state index contributed by atoms with van der Waals surface area (Å²) in [5, 5.41) is 14.1. The molecule has 27 heavy (non-hydrogen) atoms. The van der Waals surface area contributed by atoms with Crippen LogP contribution in [0.5, 0.6) is 5.75 Å². The summed E-state index contributed by atoms with van der Waals surface area (Å²) < 4.78 is 54.8. The second-order valence-corrected chi connectivity index (χ2v) is 7.84. The molecule has 1 saturated heterocycles. The van der Waals surface area contributed by atoms with Crippen molar-refractivity contribution in [3.63, 3.8) is 0 Å². The van der Waals surface area contributed by atoms with Crippen LogP contribution in [0.4, 0.5) is 14.5 Å². The highest BCUT2D eigenvalue weighted by Gasteiger charge is 2.33. The number of fused-ring (bicyclic) bond motifs is 1. The van der Waals surface area contributed by atoms with Crippen LogP contribution in [0.1, 0.15) is 12.8 Å². The lowest BCUT2D eigenvalue weighted by molar-refractivity contribution is 0.101. The lowest BCUT2D eigenvalue weighted by Crippen LogP contribution is -2.51. The highest BCUT2D eigenvalue weighted by molar-refractivity contribution is 7.86. The summed E-state index contributed by atoms with van der Waals surface area (Å²) in [5.41, 5.74) is 1.54. The summed E-state index contributed by atoms with van der Waals surface area (Å²) in [5.74, 6) is 0.670. The number of benzene rings is 1. The van der Waals surface area contributed by atoms with Gasteiger partial charge in [0, 0.05) is 30.6 Å². The normalized spacial score (nSPS) is 16.4. The standard InChI is InChI=1S/C16H21F2N5O3S/c1-26-12-2-3-13-14(8-12)21-20-9-15(13)22-6-4-11(5-7-22)23(10-16(17)18)27(19,24)25/h2-3,8-9,11,16H,4-7,10H2,1H3,(H2,19,24,25). The van der Waals surface area contributed by atoms with Crippen molar-refractivity contribution < 1.29 is 21.9 Å². The number of anilines is 1. The minimum absolute atomic E-state index is 0.392. The lowest BCUT2D eigenvalue weighted by Gasteiger charge is -2.38. The van der Waals surface area contributed by atoms with Gasteiger partial charge in [-0.1, -0.05) is 0 Å². The number of halogens is 2. The predicted molar refractivity (Wildman–Crippen MR) is 97.1 cm³/mol. The number of hydrogen-bond acceptors (Lipinski definition) is 6. The van der Waals surface area contributed by atoms with E-state index < -0.39 is 29.2 Å². The Kier molecular flexibility index (Phi) is 5.72. The molecular weight excluding hydrogens is 380 g/mol. The van der Waals surface area contributed by atoms with Crippen molar-refractivity contribution in [2.45, 2.75) is 25.3 Å².